The second-order valence-corrected chi connectivity index (χ2v) is 6.59. The van der Waals surface area contributed by atoms with Crippen molar-refractivity contribution in [3.05, 3.63) is 34.7 Å². The Bertz CT molecular complexity index is 617. The predicted molar refractivity (Wildman–Crippen MR) is 88.2 cm³/mol. The average molecular weight is 344 g/mol. The van der Waals surface area contributed by atoms with Gasteiger partial charge in [0, 0.05) is 12.1 Å². The Morgan fingerprint density at radius 2 is 2.10 bits per heavy atom. The molecule has 0 saturated heterocycles. The molecule has 7 heteroatoms. The highest BCUT2D eigenvalue weighted by Crippen LogP contribution is 2.36. The number of ether oxygens (including phenoxy) is 2. The van der Waals surface area contributed by atoms with Crippen molar-refractivity contribution in [3.8, 4) is 11.5 Å². The third-order valence-electron chi connectivity index (χ3n) is 2.59. The average Bonchev–Trinajstić information content (AvgIpc) is 2.99. The molecule has 4 nitrogen and oxygen atoms in total. The molecule has 1 aromatic carbocycles. The molecule has 112 valence electrons. The molecular weight excluding hydrogens is 330 g/mol. The summed E-state index contributed by atoms with van der Waals surface area (Å²) >= 11 is 9.12. The van der Waals surface area contributed by atoms with E-state index in [-0.39, 0.29) is 5.91 Å². The number of hydrogen-bond acceptors (Lipinski definition) is 5. The van der Waals surface area contributed by atoms with Gasteiger partial charge in [-0.3, -0.25) is 4.79 Å². The van der Waals surface area contributed by atoms with Crippen molar-refractivity contribution in [1.29, 1.82) is 0 Å². The number of carbonyl (C=O) groups is 1. The Morgan fingerprint density at radius 3 is 2.71 bits per heavy atom. The summed E-state index contributed by atoms with van der Waals surface area (Å²) in [4.78, 5) is 12.0. The van der Waals surface area contributed by atoms with E-state index in [2.05, 4.69) is 5.32 Å². The van der Waals surface area contributed by atoms with Crippen molar-refractivity contribution in [2.75, 3.05) is 25.3 Å². The van der Waals surface area contributed by atoms with Gasteiger partial charge in [-0.15, -0.1) is 23.1 Å². The molecule has 1 amide bonds. The van der Waals surface area contributed by atoms with E-state index in [1.807, 2.05) is 17.5 Å². The lowest BCUT2D eigenvalue weighted by Gasteiger charge is -2.13. The number of amides is 1. The maximum Gasteiger partial charge on any atom is 0.234 e. The third kappa shape index (κ3) is 4.30. The van der Waals surface area contributed by atoms with Crippen LogP contribution in [0.25, 0.3) is 0 Å². The van der Waals surface area contributed by atoms with Crippen molar-refractivity contribution in [1.82, 2.24) is 0 Å². The summed E-state index contributed by atoms with van der Waals surface area (Å²) in [7, 11) is 3.04. The number of nitrogens with one attached hydrogen (secondary N) is 1. The number of carbonyl (C=O) groups excluding carboxylic acids is 1. The van der Waals surface area contributed by atoms with E-state index in [1.54, 1.807) is 23.5 Å². The smallest absolute Gasteiger partial charge is 0.234 e. The number of thioether (sulfide) groups is 1. The fourth-order valence-electron chi connectivity index (χ4n) is 1.63. The third-order valence-corrected chi connectivity index (χ3v) is 5.01. The molecule has 1 heterocycles. The highest BCUT2D eigenvalue weighted by atomic mass is 35.5. The maximum absolute atomic E-state index is 12.0. The van der Waals surface area contributed by atoms with Gasteiger partial charge in [-0.1, -0.05) is 17.7 Å². The van der Waals surface area contributed by atoms with Crippen LogP contribution < -0.4 is 14.8 Å². The Balaban J connectivity index is 2.05. The Kier molecular flexibility index (Phi) is 5.78. The molecule has 0 spiro atoms. The minimum absolute atomic E-state index is 0.115. The van der Waals surface area contributed by atoms with Crippen molar-refractivity contribution >= 4 is 46.3 Å². The highest BCUT2D eigenvalue weighted by molar-refractivity contribution is 8.01. The van der Waals surface area contributed by atoms with Crippen molar-refractivity contribution in [2.24, 2.45) is 0 Å². The summed E-state index contributed by atoms with van der Waals surface area (Å²) < 4.78 is 11.5. The highest BCUT2D eigenvalue weighted by Gasteiger charge is 2.12. The van der Waals surface area contributed by atoms with Gasteiger partial charge in [0.2, 0.25) is 5.91 Å². The number of benzene rings is 1. The molecule has 1 N–H and O–H groups in total. The second kappa shape index (κ2) is 7.59. The molecule has 21 heavy (non-hydrogen) atoms. The van der Waals surface area contributed by atoms with Crippen LogP contribution in [0.2, 0.25) is 5.02 Å². The van der Waals surface area contributed by atoms with Crippen LogP contribution in [0.5, 0.6) is 11.5 Å². The second-order valence-electron chi connectivity index (χ2n) is 3.96. The first-order valence-electron chi connectivity index (χ1n) is 6.01. The minimum atomic E-state index is -0.115. The number of halogens is 1. The van der Waals surface area contributed by atoms with Gasteiger partial charge in [0.25, 0.3) is 0 Å². The maximum atomic E-state index is 12.0. The quantitative estimate of drug-likeness (QED) is 0.800. The van der Waals surface area contributed by atoms with Crippen LogP contribution >= 0.6 is 34.7 Å². The van der Waals surface area contributed by atoms with Crippen LogP contribution in [0.3, 0.4) is 0 Å². The summed E-state index contributed by atoms with van der Waals surface area (Å²) in [5.41, 5.74) is 0.538. The summed E-state index contributed by atoms with van der Waals surface area (Å²) in [5.74, 6) is 1.19. The fourth-order valence-corrected chi connectivity index (χ4v) is 3.44. The summed E-state index contributed by atoms with van der Waals surface area (Å²) in [6, 6.07) is 7.20. The fraction of sp³-hybridized carbons (Fsp3) is 0.214. The van der Waals surface area contributed by atoms with Crippen LogP contribution in [0.1, 0.15) is 0 Å². The lowest BCUT2D eigenvalue weighted by atomic mass is 10.2. The summed E-state index contributed by atoms with van der Waals surface area (Å²) in [6.45, 7) is 0. The molecule has 0 bridgehead atoms. The number of anilines is 1. The van der Waals surface area contributed by atoms with E-state index in [0.717, 1.165) is 4.21 Å². The van der Waals surface area contributed by atoms with Crippen LogP contribution in [-0.4, -0.2) is 25.9 Å². The van der Waals surface area contributed by atoms with Gasteiger partial charge < -0.3 is 14.8 Å². The normalized spacial score (nSPS) is 10.2. The first kappa shape index (κ1) is 16.0. The van der Waals surface area contributed by atoms with Crippen LogP contribution in [0.4, 0.5) is 5.69 Å². The van der Waals surface area contributed by atoms with Crippen molar-refractivity contribution in [2.45, 2.75) is 4.21 Å². The predicted octanol–water partition coefficient (Wildman–Crippen LogP) is 4.15. The standard InChI is InChI=1S/C14H14ClNO3S2/c1-18-11-7-10(12(19-2)6-9(11)15)16-13(17)8-21-14-4-3-5-20-14/h3-7H,8H2,1-2H3,(H,16,17). The van der Waals surface area contributed by atoms with E-state index < -0.39 is 0 Å². The van der Waals surface area contributed by atoms with Gasteiger partial charge in [0.15, 0.2) is 0 Å². The summed E-state index contributed by atoms with van der Waals surface area (Å²) in [5, 5.41) is 5.22. The molecule has 0 aliphatic rings. The minimum Gasteiger partial charge on any atom is -0.495 e. The van der Waals surface area contributed by atoms with Crippen LogP contribution in [0, 0.1) is 0 Å². The lowest BCUT2D eigenvalue weighted by molar-refractivity contribution is -0.113. The topological polar surface area (TPSA) is 47.6 Å². The molecule has 0 fully saturated rings. The van der Waals surface area contributed by atoms with Crippen molar-refractivity contribution < 1.29 is 14.3 Å². The van der Waals surface area contributed by atoms with Crippen molar-refractivity contribution in [3.63, 3.8) is 0 Å². The molecule has 0 radical (unpaired) electrons. The Morgan fingerprint density at radius 1 is 1.33 bits per heavy atom. The molecule has 0 aliphatic heterocycles. The van der Waals surface area contributed by atoms with Gasteiger partial charge in [-0.05, 0) is 11.4 Å². The molecular formula is C14H14ClNO3S2. The van der Waals surface area contributed by atoms with E-state index >= 15 is 0 Å². The molecule has 2 rings (SSSR count). The SMILES string of the molecule is COc1cc(NC(=O)CSc2cccs2)c(OC)cc1Cl. The number of hydrogen-bond donors (Lipinski definition) is 1. The van der Waals surface area contributed by atoms with E-state index in [9.17, 15) is 4.79 Å². The largest absolute Gasteiger partial charge is 0.495 e. The molecule has 0 aliphatic carbocycles. The molecule has 1 aromatic heterocycles. The molecule has 0 saturated carbocycles. The zero-order valence-corrected chi connectivity index (χ0v) is 13.9. The van der Waals surface area contributed by atoms with E-state index in [0.29, 0.717) is 28.0 Å². The van der Waals surface area contributed by atoms with Gasteiger partial charge in [-0.25, -0.2) is 0 Å². The van der Waals surface area contributed by atoms with Crippen LogP contribution in [0.15, 0.2) is 33.9 Å². The van der Waals surface area contributed by atoms with E-state index in [4.69, 9.17) is 21.1 Å². The molecule has 0 atom stereocenters. The number of rotatable bonds is 6. The Labute approximate surface area is 136 Å². The van der Waals surface area contributed by atoms with Gasteiger partial charge >= 0.3 is 0 Å². The Hall–Kier alpha value is -1.37. The van der Waals surface area contributed by atoms with Gasteiger partial charge in [0.1, 0.15) is 11.5 Å². The monoisotopic (exact) mass is 343 g/mol. The van der Waals surface area contributed by atoms with Gasteiger partial charge in [-0.2, -0.15) is 0 Å². The zero-order chi connectivity index (χ0) is 15.2. The van der Waals surface area contributed by atoms with E-state index in [1.165, 1.54) is 26.0 Å². The number of thiophene rings is 1. The molecule has 2 aromatic rings. The lowest BCUT2D eigenvalue weighted by Crippen LogP contribution is -2.14. The van der Waals surface area contributed by atoms with Gasteiger partial charge in [0.05, 0.1) is 34.9 Å². The zero-order valence-electron chi connectivity index (χ0n) is 11.5. The van der Waals surface area contributed by atoms with Crippen LogP contribution in [-0.2, 0) is 4.79 Å². The summed E-state index contributed by atoms with van der Waals surface area (Å²) in [6.07, 6.45) is 0. The first-order chi connectivity index (χ1) is 10.1. The molecule has 0 unspecified atom stereocenters. The number of methoxy groups -OCH3 is 2. The first-order valence-corrected chi connectivity index (χ1v) is 8.26.